The molecule has 0 radical (unpaired) electrons. The molecule has 0 aliphatic rings. The molecule has 0 unspecified atom stereocenters. The minimum Gasteiger partial charge on any atom is -0.457 e. The first-order valence-electron chi connectivity index (χ1n) is 12.1. The Bertz CT molecular complexity index is 808. The van der Waals surface area contributed by atoms with E-state index >= 15 is 0 Å². The average Bonchev–Trinajstić information content (AvgIpc) is 2.79. The van der Waals surface area contributed by atoms with E-state index in [1.165, 1.54) is 11.1 Å². The van der Waals surface area contributed by atoms with Gasteiger partial charge in [0.15, 0.2) is 0 Å². The molecule has 0 bridgehead atoms. The van der Waals surface area contributed by atoms with Crippen molar-refractivity contribution < 1.29 is 38.0 Å². The molecule has 0 saturated carbocycles. The van der Waals surface area contributed by atoms with E-state index in [9.17, 15) is 9.59 Å². The summed E-state index contributed by atoms with van der Waals surface area (Å²) in [6.45, 7) is 11.5. The van der Waals surface area contributed by atoms with Gasteiger partial charge in [0.05, 0.1) is 13.2 Å². The van der Waals surface area contributed by atoms with Gasteiger partial charge in [-0.25, -0.2) is 9.59 Å². The van der Waals surface area contributed by atoms with Gasteiger partial charge in [-0.2, -0.15) is 0 Å². The summed E-state index contributed by atoms with van der Waals surface area (Å²) in [5, 5.41) is 0. The third-order valence-corrected chi connectivity index (χ3v) is 4.82. The Balaban J connectivity index is 3.15. The summed E-state index contributed by atoms with van der Waals surface area (Å²) in [6, 6.07) is 3.83. The molecule has 0 saturated heterocycles. The van der Waals surface area contributed by atoms with Crippen LogP contribution in [0.3, 0.4) is 0 Å². The van der Waals surface area contributed by atoms with E-state index in [-0.39, 0.29) is 26.8 Å². The number of hydrogen-bond donors (Lipinski definition) is 0. The number of hydrogen-bond acceptors (Lipinski definition) is 8. The molecule has 0 aromatic heterocycles. The van der Waals surface area contributed by atoms with Crippen molar-refractivity contribution in [2.24, 2.45) is 0 Å². The summed E-state index contributed by atoms with van der Waals surface area (Å²) >= 11 is 0. The lowest BCUT2D eigenvalue weighted by Gasteiger charge is -2.18. The van der Waals surface area contributed by atoms with Gasteiger partial charge in [-0.1, -0.05) is 36.6 Å². The van der Waals surface area contributed by atoms with Crippen LogP contribution in [-0.2, 0) is 31.8 Å². The van der Waals surface area contributed by atoms with Gasteiger partial charge in [-0.05, 0) is 78.0 Å². The van der Waals surface area contributed by atoms with Gasteiger partial charge in [0, 0.05) is 5.56 Å². The topological polar surface area (TPSA) is 89.5 Å². The Morgan fingerprint density at radius 2 is 1.34 bits per heavy atom. The highest BCUT2D eigenvalue weighted by Crippen LogP contribution is 2.33. The van der Waals surface area contributed by atoms with Crippen LogP contribution in [-0.4, -0.2) is 39.1 Å². The second kappa shape index (κ2) is 17.3. The summed E-state index contributed by atoms with van der Waals surface area (Å²) in [4.78, 5) is 23.1. The predicted octanol–water partition coefficient (Wildman–Crippen LogP) is 6.89. The van der Waals surface area contributed by atoms with Crippen LogP contribution in [0.5, 0.6) is 11.5 Å². The maximum atomic E-state index is 11.6. The first-order chi connectivity index (χ1) is 16.8. The number of rotatable bonds is 15. The Morgan fingerprint density at radius 3 is 1.80 bits per heavy atom. The molecule has 8 nitrogen and oxygen atoms in total. The van der Waals surface area contributed by atoms with Crippen molar-refractivity contribution >= 4 is 12.3 Å². The summed E-state index contributed by atoms with van der Waals surface area (Å²) in [6.07, 6.45) is 6.86. The highest BCUT2D eigenvalue weighted by molar-refractivity contribution is 5.60. The Kier molecular flexibility index (Phi) is 14.8. The van der Waals surface area contributed by atoms with Gasteiger partial charge in [0.2, 0.25) is 13.6 Å². The molecule has 1 rings (SSSR count). The number of benzene rings is 1. The SMILES string of the molecule is CCCc1cc(OCOC(=O)OCC)c(C/C=C(\C)CCC=C(C)C)c(OCOC(=O)OCC)c1. The van der Waals surface area contributed by atoms with Crippen LogP contribution < -0.4 is 9.47 Å². The normalized spacial score (nSPS) is 10.9. The minimum absolute atomic E-state index is 0.214. The Labute approximate surface area is 209 Å². The highest BCUT2D eigenvalue weighted by Gasteiger charge is 2.15. The zero-order valence-corrected chi connectivity index (χ0v) is 21.9. The number of allylic oxidation sites excluding steroid dienone is 4. The van der Waals surface area contributed by atoms with E-state index in [0.29, 0.717) is 17.9 Å². The van der Waals surface area contributed by atoms with Crippen LogP contribution >= 0.6 is 0 Å². The summed E-state index contributed by atoms with van der Waals surface area (Å²) in [5.41, 5.74) is 4.26. The van der Waals surface area contributed by atoms with Crippen LogP contribution in [0, 0.1) is 0 Å². The zero-order chi connectivity index (χ0) is 26.1. The fourth-order valence-electron chi connectivity index (χ4n) is 3.13. The molecule has 0 amide bonds. The van der Waals surface area contributed by atoms with E-state index in [1.54, 1.807) is 13.8 Å². The molecule has 8 heteroatoms. The molecule has 1 aromatic rings. The molecule has 0 heterocycles. The second-order valence-corrected chi connectivity index (χ2v) is 8.07. The van der Waals surface area contributed by atoms with E-state index in [0.717, 1.165) is 36.8 Å². The van der Waals surface area contributed by atoms with Crippen LogP contribution in [0.25, 0.3) is 0 Å². The molecule has 35 heavy (non-hydrogen) atoms. The van der Waals surface area contributed by atoms with Gasteiger partial charge >= 0.3 is 12.3 Å². The molecule has 0 N–H and O–H groups in total. The lowest BCUT2D eigenvalue weighted by Crippen LogP contribution is -2.14. The first-order valence-corrected chi connectivity index (χ1v) is 12.1. The van der Waals surface area contributed by atoms with E-state index < -0.39 is 12.3 Å². The van der Waals surface area contributed by atoms with Crippen molar-refractivity contribution in [3.63, 3.8) is 0 Å². The lowest BCUT2D eigenvalue weighted by molar-refractivity contribution is 0.00465. The summed E-state index contributed by atoms with van der Waals surface area (Å²) in [5.74, 6) is 1.06. The van der Waals surface area contributed by atoms with Gasteiger partial charge in [0.25, 0.3) is 0 Å². The van der Waals surface area contributed by atoms with E-state index in [1.807, 2.05) is 12.1 Å². The average molecular weight is 493 g/mol. The Hall–Kier alpha value is -3.16. The van der Waals surface area contributed by atoms with Crippen LogP contribution in [0.4, 0.5) is 9.59 Å². The maximum Gasteiger partial charge on any atom is 0.511 e. The highest BCUT2D eigenvalue weighted by atomic mass is 16.8. The maximum absolute atomic E-state index is 11.6. The molecule has 196 valence electrons. The van der Waals surface area contributed by atoms with Gasteiger partial charge in [-0.3, -0.25) is 0 Å². The lowest BCUT2D eigenvalue weighted by atomic mass is 10.0. The number of carbonyl (C=O) groups is 2. The summed E-state index contributed by atoms with van der Waals surface area (Å²) < 4.78 is 31.2. The first kappa shape index (κ1) is 29.9. The molecular formula is C27H40O8. The van der Waals surface area contributed by atoms with Gasteiger partial charge in [-0.15, -0.1) is 0 Å². The fourth-order valence-corrected chi connectivity index (χ4v) is 3.13. The number of ether oxygens (including phenoxy) is 6. The van der Waals surface area contributed by atoms with Crippen molar-refractivity contribution in [3.8, 4) is 11.5 Å². The second-order valence-electron chi connectivity index (χ2n) is 8.07. The molecule has 0 aliphatic heterocycles. The molecule has 0 atom stereocenters. The van der Waals surface area contributed by atoms with Crippen LogP contribution in [0.15, 0.2) is 35.4 Å². The van der Waals surface area contributed by atoms with Crippen molar-refractivity contribution in [2.45, 2.75) is 73.6 Å². The standard InChI is InChI=1S/C27H40O8/c1-7-11-22-16-24(32-18-34-26(28)30-8-2)23(15-14-21(6)13-10-12-20(4)5)25(17-22)33-19-35-27(29)31-9-3/h12,14,16-17H,7-11,13,15,18-19H2,1-6H3/b21-14+. The summed E-state index contributed by atoms with van der Waals surface area (Å²) in [7, 11) is 0. The van der Waals surface area contributed by atoms with Crippen LogP contribution in [0.1, 0.15) is 71.9 Å². The van der Waals surface area contributed by atoms with Gasteiger partial charge < -0.3 is 28.4 Å². The Morgan fingerprint density at radius 1 is 0.800 bits per heavy atom. The van der Waals surface area contributed by atoms with Crippen molar-refractivity contribution in [3.05, 3.63) is 46.6 Å². The molecule has 0 aliphatic carbocycles. The molecule has 0 spiro atoms. The number of carbonyl (C=O) groups excluding carboxylic acids is 2. The third kappa shape index (κ3) is 12.8. The minimum atomic E-state index is -0.798. The molecular weight excluding hydrogens is 452 g/mol. The van der Waals surface area contributed by atoms with Crippen molar-refractivity contribution in [1.82, 2.24) is 0 Å². The van der Waals surface area contributed by atoms with E-state index in [4.69, 9.17) is 28.4 Å². The molecule has 0 fully saturated rings. The van der Waals surface area contributed by atoms with Crippen molar-refractivity contribution in [2.75, 3.05) is 26.8 Å². The largest absolute Gasteiger partial charge is 0.511 e. The predicted molar refractivity (Wildman–Crippen MR) is 134 cm³/mol. The van der Waals surface area contributed by atoms with Crippen LogP contribution in [0.2, 0.25) is 0 Å². The number of aryl methyl sites for hydroxylation is 1. The van der Waals surface area contributed by atoms with E-state index in [2.05, 4.69) is 39.8 Å². The van der Waals surface area contributed by atoms with Gasteiger partial charge in [0.1, 0.15) is 11.5 Å². The monoisotopic (exact) mass is 492 g/mol. The quantitative estimate of drug-likeness (QED) is 0.148. The fraction of sp³-hybridized carbons (Fsp3) is 0.556. The third-order valence-electron chi connectivity index (χ3n) is 4.82. The molecule has 1 aromatic carbocycles. The smallest absolute Gasteiger partial charge is 0.457 e. The zero-order valence-electron chi connectivity index (χ0n) is 21.9. The van der Waals surface area contributed by atoms with Crippen molar-refractivity contribution in [1.29, 1.82) is 0 Å².